The van der Waals surface area contributed by atoms with E-state index < -0.39 is 0 Å². The van der Waals surface area contributed by atoms with E-state index in [0.717, 1.165) is 26.0 Å². The summed E-state index contributed by atoms with van der Waals surface area (Å²) in [6.45, 7) is 1.68. The van der Waals surface area contributed by atoms with Crippen molar-refractivity contribution in [3.63, 3.8) is 0 Å². The van der Waals surface area contributed by atoms with Crippen molar-refractivity contribution in [1.29, 1.82) is 0 Å². The molecule has 0 spiro atoms. The highest BCUT2D eigenvalue weighted by Gasteiger charge is 2.14. The van der Waals surface area contributed by atoms with E-state index in [1.54, 1.807) is 13.1 Å². The number of hydrogen-bond donors (Lipinski definition) is 2. The average Bonchev–Trinajstić information content (AvgIpc) is 2.42. The second-order valence-electron chi connectivity index (χ2n) is 4.60. The zero-order valence-electron chi connectivity index (χ0n) is 11.0. The summed E-state index contributed by atoms with van der Waals surface area (Å²) >= 11 is 12.1. The molecule has 1 aromatic heterocycles. The van der Waals surface area contributed by atoms with Crippen molar-refractivity contribution >= 4 is 34.8 Å². The smallest absolute Gasteiger partial charge is 0.147 e. The van der Waals surface area contributed by atoms with E-state index in [2.05, 4.69) is 15.6 Å². The number of ether oxygens (including phenoxy) is 1. The Balaban J connectivity index is 1.88. The molecule has 6 heteroatoms. The molecule has 0 radical (unpaired) electrons. The predicted molar refractivity (Wildman–Crippen MR) is 80.5 cm³/mol. The molecule has 1 aromatic rings. The number of halogens is 2. The van der Waals surface area contributed by atoms with Crippen LogP contribution in [0.3, 0.4) is 0 Å². The van der Waals surface area contributed by atoms with Crippen LogP contribution in [-0.2, 0) is 4.74 Å². The third-order valence-electron chi connectivity index (χ3n) is 3.20. The van der Waals surface area contributed by atoms with Crippen molar-refractivity contribution in [2.75, 3.05) is 30.8 Å². The maximum absolute atomic E-state index is 6.11. The van der Waals surface area contributed by atoms with Gasteiger partial charge in [0.05, 0.1) is 16.1 Å². The van der Waals surface area contributed by atoms with Gasteiger partial charge in [0.2, 0.25) is 0 Å². The van der Waals surface area contributed by atoms with Gasteiger partial charge in [0.15, 0.2) is 0 Å². The summed E-state index contributed by atoms with van der Waals surface area (Å²) in [5.41, 5.74) is 0. The van der Waals surface area contributed by atoms with E-state index in [4.69, 9.17) is 27.9 Å². The molecule has 19 heavy (non-hydrogen) atoms. The molecule has 0 saturated carbocycles. The molecule has 0 aliphatic carbocycles. The number of nitrogens with zero attached hydrogens (tertiary/aromatic N) is 1. The zero-order valence-corrected chi connectivity index (χ0v) is 12.5. The number of anilines is 2. The van der Waals surface area contributed by atoms with Gasteiger partial charge < -0.3 is 15.4 Å². The van der Waals surface area contributed by atoms with Crippen molar-refractivity contribution in [1.82, 2.24) is 4.98 Å². The summed E-state index contributed by atoms with van der Waals surface area (Å²) in [5.74, 6) is 1.29. The van der Waals surface area contributed by atoms with Crippen molar-refractivity contribution in [2.24, 2.45) is 0 Å². The molecular formula is C13H19Cl2N3O. The molecular weight excluding hydrogens is 285 g/mol. The Morgan fingerprint density at radius 3 is 2.79 bits per heavy atom. The molecule has 1 fully saturated rings. The van der Waals surface area contributed by atoms with Crippen molar-refractivity contribution in [3.8, 4) is 0 Å². The third kappa shape index (κ3) is 4.13. The normalized spacial score (nSPS) is 19.2. The van der Waals surface area contributed by atoms with E-state index in [1.165, 1.54) is 12.8 Å². The van der Waals surface area contributed by atoms with Crippen LogP contribution in [0.25, 0.3) is 0 Å². The maximum atomic E-state index is 6.11. The Morgan fingerprint density at radius 2 is 2.11 bits per heavy atom. The minimum atomic E-state index is 0.357. The van der Waals surface area contributed by atoms with Crippen LogP contribution >= 0.6 is 23.2 Å². The van der Waals surface area contributed by atoms with Gasteiger partial charge >= 0.3 is 0 Å². The number of rotatable bonds is 5. The summed E-state index contributed by atoms with van der Waals surface area (Å²) in [6, 6.07) is 1.70. The van der Waals surface area contributed by atoms with E-state index in [-0.39, 0.29) is 0 Å². The molecule has 1 unspecified atom stereocenters. The highest BCUT2D eigenvalue weighted by molar-refractivity contribution is 6.37. The van der Waals surface area contributed by atoms with Gasteiger partial charge in [-0.2, -0.15) is 0 Å². The molecule has 1 atom stereocenters. The number of pyridine rings is 1. The van der Waals surface area contributed by atoms with Crippen LogP contribution in [0.4, 0.5) is 11.6 Å². The van der Waals surface area contributed by atoms with Crippen LogP contribution in [-0.4, -0.2) is 31.3 Å². The monoisotopic (exact) mass is 303 g/mol. The third-order valence-corrected chi connectivity index (χ3v) is 3.78. The fourth-order valence-corrected chi connectivity index (χ4v) is 2.67. The molecule has 1 saturated heterocycles. The van der Waals surface area contributed by atoms with Crippen LogP contribution < -0.4 is 10.6 Å². The second-order valence-corrected chi connectivity index (χ2v) is 5.42. The summed E-state index contributed by atoms with van der Waals surface area (Å²) in [7, 11) is 1.78. The lowest BCUT2D eigenvalue weighted by Crippen LogP contribution is -2.22. The molecule has 0 bridgehead atoms. The van der Waals surface area contributed by atoms with Gasteiger partial charge in [0.25, 0.3) is 0 Å². The van der Waals surface area contributed by atoms with Crippen LogP contribution in [0, 0.1) is 0 Å². The first-order chi connectivity index (χ1) is 9.20. The Bertz CT molecular complexity index is 423. The molecule has 106 valence electrons. The molecule has 0 aromatic carbocycles. The Labute approximate surface area is 123 Å². The van der Waals surface area contributed by atoms with Crippen LogP contribution in [0.2, 0.25) is 10.0 Å². The van der Waals surface area contributed by atoms with Gasteiger partial charge in [-0.1, -0.05) is 23.2 Å². The van der Waals surface area contributed by atoms with Crippen molar-refractivity contribution < 1.29 is 4.74 Å². The molecule has 2 N–H and O–H groups in total. The van der Waals surface area contributed by atoms with Gasteiger partial charge in [0, 0.05) is 20.2 Å². The van der Waals surface area contributed by atoms with Gasteiger partial charge in [-0.25, -0.2) is 4.98 Å². The first-order valence-electron chi connectivity index (χ1n) is 6.60. The molecule has 1 aliphatic heterocycles. The summed E-state index contributed by atoms with van der Waals surface area (Å²) in [6.07, 6.45) is 4.91. The zero-order chi connectivity index (χ0) is 13.7. The molecule has 0 amide bonds. The number of hydrogen-bond acceptors (Lipinski definition) is 4. The van der Waals surface area contributed by atoms with Gasteiger partial charge in [-0.15, -0.1) is 0 Å². The summed E-state index contributed by atoms with van der Waals surface area (Å²) < 4.78 is 5.68. The highest BCUT2D eigenvalue weighted by Crippen LogP contribution is 2.29. The van der Waals surface area contributed by atoms with Crippen molar-refractivity contribution in [2.45, 2.75) is 31.8 Å². The highest BCUT2D eigenvalue weighted by atomic mass is 35.5. The summed E-state index contributed by atoms with van der Waals surface area (Å²) in [4.78, 5) is 4.35. The lowest BCUT2D eigenvalue weighted by molar-refractivity contribution is 0.0134. The quantitative estimate of drug-likeness (QED) is 0.868. The second kappa shape index (κ2) is 7.17. The van der Waals surface area contributed by atoms with Crippen LogP contribution in [0.15, 0.2) is 6.07 Å². The minimum absolute atomic E-state index is 0.357. The largest absolute Gasteiger partial charge is 0.378 e. The fraction of sp³-hybridized carbons (Fsp3) is 0.615. The maximum Gasteiger partial charge on any atom is 0.147 e. The topological polar surface area (TPSA) is 46.2 Å². The Kier molecular flexibility index (Phi) is 5.55. The SMILES string of the molecule is CNc1nc(NCCC2CCCCO2)c(Cl)cc1Cl. The van der Waals surface area contributed by atoms with Crippen molar-refractivity contribution in [3.05, 3.63) is 16.1 Å². The minimum Gasteiger partial charge on any atom is -0.378 e. The van der Waals surface area contributed by atoms with E-state index in [0.29, 0.717) is 27.8 Å². The fourth-order valence-electron chi connectivity index (χ4n) is 2.15. The van der Waals surface area contributed by atoms with Gasteiger partial charge in [-0.3, -0.25) is 0 Å². The first kappa shape index (κ1) is 14.7. The van der Waals surface area contributed by atoms with E-state index in [9.17, 15) is 0 Å². The standard InChI is InChI=1S/C13H19Cl2N3O/c1-16-12-10(14)8-11(15)13(18-12)17-6-5-9-4-2-3-7-19-9/h8-9H,2-7H2,1H3,(H2,16,17,18). The van der Waals surface area contributed by atoms with Gasteiger partial charge in [-0.05, 0) is 31.7 Å². The lowest BCUT2D eigenvalue weighted by atomic mass is 10.1. The van der Waals surface area contributed by atoms with E-state index >= 15 is 0 Å². The Morgan fingerprint density at radius 1 is 1.32 bits per heavy atom. The molecule has 2 rings (SSSR count). The van der Waals surface area contributed by atoms with E-state index in [1.807, 2.05) is 0 Å². The lowest BCUT2D eigenvalue weighted by Gasteiger charge is -2.22. The number of aromatic nitrogens is 1. The first-order valence-corrected chi connectivity index (χ1v) is 7.35. The summed E-state index contributed by atoms with van der Waals surface area (Å²) in [5, 5.41) is 7.23. The predicted octanol–water partition coefficient (Wildman–Crippen LogP) is 3.80. The molecule has 2 heterocycles. The molecule has 4 nitrogen and oxygen atoms in total. The van der Waals surface area contributed by atoms with Crippen LogP contribution in [0.1, 0.15) is 25.7 Å². The number of nitrogens with one attached hydrogen (secondary N) is 2. The van der Waals surface area contributed by atoms with Crippen LogP contribution in [0.5, 0.6) is 0 Å². The molecule has 1 aliphatic rings. The average molecular weight is 304 g/mol. The Hall–Kier alpha value is -0.710. The van der Waals surface area contributed by atoms with Gasteiger partial charge in [0.1, 0.15) is 11.6 Å².